The molecule has 0 aliphatic carbocycles. The summed E-state index contributed by atoms with van der Waals surface area (Å²) in [5, 5.41) is 15.6. The first kappa shape index (κ1) is 11.2. The Labute approximate surface area is 87.8 Å². The second kappa shape index (κ2) is 5.12. The number of hydrogen-bond donors (Lipinski definition) is 2. The van der Waals surface area contributed by atoms with E-state index in [1.165, 1.54) is 11.3 Å². The molecule has 2 unspecified atom stereocenters. The van der Waals surface area contributed by atoms with E-state index in [2.05, 4.69) is 5.32 Å². The monoisotopic (exact) mass is 213 g/mol. The SMILES string of the molecule is CC(O)CC(C)NC(=O)c1ccsc1. The molecule has 78 valence electrons. The molecule has 3 nitrogen and oxygen atoms in total. The third-order valence-corrected chi connectivity index (χ3v) is 2.54. The largest absolute Gasteiger partial charge is 0.393 e. The average Bonchev–Trinajstić information content (AvgIpc) is 2.53. The van der Waals surface area contributed by atoms with Crippen molar-refractivity contribution in [3.63, 3.8) is 0 Å². The molecule has 14 heavy (non-hydrogen) atoms. The molecule has 0 saturated heterocycles. The molecule has 0 aliphatic rings. The van der Waals surface area contributed by atoms with Crippen molar-refractivity contribution in [3.8, 4) is 0 Å². The first-order valence-corrected chi connectivity index (χ1v) is 5.55. The fourth-order valence-electron chi connectivity index (χ4n) is 1.27. The Bertz CT molecular complexity index is 282. The van der Waals surface area contributed by atoms with E-state index in [-0.39, 0.29) is 18.1 Å². The van der Waals surface area contributed by atoms with Gasteiger partial charge in [-0.3, -0.25) is 4.79 Å². The summed E-state index contributed by atoms with van der Waals surface area (Å²) in [7, 11) is 0. The van der Waals surface area contributed by atoms with Crippen LogP contribution in [0.5, 0.6) is 0 Å². The molecule has 0 spiro atoms. The molecule has 1 heterocycles. The zero-order valence-electron chi connectivity index (χ0n) is 8.36. The van der Waals surface area contributed by atoms with Gasteiger partial charge < -0.3 is 10.4 Å². The highest BCUT2D eigenvalue weighted by Crippen LogP contribution is 2.06. The zero-order chi connectivity index (χ0) is 10.6. The lowest BCUT2D eigenvalue weighted by molar-refractivity contribution is 0.0923. The third-order valence-electron chi connectivity index (χ3n) is 1.86. The highest BCUT2D eigenvalue weighted by molar-refractivity contribution is 7.08. The van der Waals surface area contributed by atoms with Gasteiger partial charge >= 0.3 is 0 Å². The van der Waals surface area contributed by atoms with Gasteiger partial charge in [-0.25, -0.2) is 0 Å². The smallest absolute Gasteiger partial charge is 0.252 e. The number of nitrogens with one attached hydrogen (secondary N) is 1. The highest BCUT2D eigenvalue weighted by Gasteiger charge is 2.11. The first-order chi connectivity index (χ1) is 6.59. The molecule has 0 aliphatic heterocycles. The van der Waals surface area contributed by atoms with Crippen molar-refractivity contribution in [1.82, 2.24) is 5.32 Å². The van der Waals surface area contributed by atoms with Gasteiger partial charge in [0.1, 0.15) is 0 Å². The summed E-state index contributed by atoms with van der Waals surface area (Å²) in [6.07, 6.45) is 0.198. The van der Waals surface area contributed by atoms with Crippen LogP contribution in [0, 0.1) is 0 Å². The minimum atomic E-state index is -0.382. The Kier molecular flexibility index (Phi) is 4.10. The predicted molar refractivity (Wildman–Crippen MR) is 57.5 cm³/mol. The van der Waals surface area contributed by atoms with Crippen molar-refractivity contribution in [2.45, 2.75) is 32.4 Å². The Morgan fingerprint density at radius 1 is 1.64 bits per heavy atom. The molecule has 0 radical (unpaired) electrons. The van der Waals surface area contributed by atoms with Crippen molar-refractivity contribution in [3.05, 3.63) is 22.4 Å². The summed E-state index contributed by atoms with van der Waals surface area (Å²) in [5.41, 5.74) is 0.687. The van der Waals surface area contributed by atoms with Gasteiger partial charge in [0.25, 0.3) is 5.91 Å². The van der Waals surface area contributed by atoms with E-state index < -0.39 is 0 Å². The van der Waals surface area contributed by atoms with Crippen molar-refractivity contribution in [2.75, 3.05) is 0 Å². The molecule has 4 heteroatoms. The Morgan fingerprint density at radius 3 is 2.86 bits per heavy atom. The van der Waals surface area contributed by atoms with E-state index in [1.54, 1.807) is 13.0 Å². The van der Waals surface area contributed by atoms with Gasteiger partial charge in [0.15, 0.2) is 0 Å². The molecule has 2 N–H and O–H groups in total. The fourth-order valence-corrected chi connectivity index (χ4v) is 1.91. The van der Waals surface area contributed by atoms with E-state index in [0.717, 1.165) is 0 Å². The van der Waals surface area contributed by atoms with Gasteiger partial charge in [0, 0.05) is 17.0 Å². The lowest BCUT2D eigenvalue weighted by Gasteiger charge is -2.14. The van der Waals surface area contributed by atoms with E-state index in [1.807, 2.05) is 17.7 Å². The van der Waals surface area contributed by atoms with E-state index in [9.17, 15) is 4.79 Å². The van der Waals surface area contributed by atoms with Crippen LogP contribution in [-0.4, -0.2) is 23.2 Å². The van der Waals surface area contributed by atoms with Crippen molar-refractivity contribution >= 4 is 17.2 Å². The molecular weight excluding hydrogens is 198 g/mol. The second-order valence-corrected chi connectivity index (χ2v) is 4.25. The number of aliphatic hydroxyl groups is 1. The molecule has 0 aromatic carbocycles. The Balaban J connectivity index is 2.41. The molecule has 0 bridgehead atoms. The lowest BCUT2D eigenvalue weighted by atomic mass is 10.1. The fraction of sp³-hybridized carbons (Fsp3) is 0.500. The second-order valence-electron chi connectivity index (χ2n) is 3.47. The third kappa shape index (κ3) is 3.47. The maximum absolute atomic E-state index is 11.5. The Hall–Kier alpha value is -0.870. The van der Waals surface area contributed by atoms with Crippen LogP contribution in [0.25, 0.3) is 0 Å². The number of aliphatic hydroxyl groups excluding tert-OH is 1. The van der Waals surface area contributed by atoms with E-state index in [0.29, 0.717) is 12.0 Å². The average molecular weight is 213 g/mol. The van der Waals surface area contributed by atoms with Crippen LogP contribution in [-0.2, 0) is 0 Å². The highest BCUT2D eigenvalue weighted by atomic mass is 32.1. The minimum absolute atomic E-state index is 0.00222. The molecule has 1 aromatic rings. The molecule has 1 amide bonds. The van der Waals surface area contributed by atoms with E-state index >= 15 is 0 Å². The summed E-state index contributed by atoms with van der Waals surface area (Å²) in [5.74, 6) is -0.0700. The number of carbonyl (C=O) groups excluding carboxylic acids is 1. The molecule has 0 fully saturated rings. The number of thiophene rings is 1. The van der Waals surface area contributed by atoms with Crippen LogP contribution in [0.3, 0.4) is 0 Å². The maximum Gasteiger partial charge on any atom is 0.252 e. The molecule has 0 saturated carbocycles. The predicted octanol–water partition coefficient (Wildman–Crippen LogP) is 1.64. The number of carbonyl (C=O) groups is 1. The summed E-state index contributed by atoms with van der Waals surface area (Å²) in [6.45, 7) is 3.60. The van der Waals surface area contributed by atoms with Gasteiger partial charge in [0.2, 0.25) is 0 Å². The number of hydrogen-bond acceptors (Lipinski definition) is 3. The molecular formula is C10H15NO2S. The molecule has 1 rings (SSSR count). The lowest BCUT2D eigenvalue weighted by Crippen LogP contribution is -2.34. The van der Waals surface area contributed by atoms with Gasteiger partial charge in [-0.1, -0.05) is 0 Å². The van der Waals surface area contributed by atoms with Crippen LogP contribution in [0.15, 0.2) is 16.8 Å². The normalized spacial score (nSPS) is 14.8. The van der Waals surface area contributed by atoms with Crippen molar-refractivity contribution < 1.29 is 9.90 Å². The summed E-state index contributed by atoms with van der Waals surface area (Å²) in [4.78, 5) is 11.5. The van der Waals surface area contributed by atoms with Gasteiger partial charge in [-0.15, -0.1) is 0 Å². The summed E-state index contributed by atoms with van der Waals surface area (Å²) < 4.78 is 0. The Morgan fingerprint density at radius 2 is 2.36 bits per heavy atom. The zero-order valence-corrected chi connectivity index (χ0v) is 9.17. The first-order valence-electron chi connectivity index (χ1n) is 4.60. The van der Waals surface area contributed by atoms with Gasteiger partial charge in [-0.05, 0) is 31.7 Å². The van der Waals surface area contributed by atoms with Crippen LogP contribution in [0.2, 0.25) is 0 Å². The minimum Gasteiger partial charge on any atom is -0.393 e. The van der Waals surface area contributed by atoms with E-state index in [4.69, 9.17) is 5.11 Å². The maximum atomic E-state index is 11.5. The number of amides is 1. The van der Waals surface area contributed by atoms with Gasteiger partial charge in [0.05, 0.1) is 6.10 Å². The summed E-state index contributed by atoms with van der Waals surface area (Å²) in [6, 6.07) is 1.79. The standard InChI is InChI=1S/C10H15NO2S/c1-7(5-8(2)12)11-10(13)9-3-4-14-6-9/h3-4,6-8,12H,5H2,1-2H3,(H,11,13). The van der Waals surface area contributed by atoms with Crippen molar-refractivity contribution in [2.24, 2.45) is 0 Å². The molecule has 1 aromatic heterocycles. The quantitative estimate of drug-likeness (QED) is 0.798. The topological polar surface area (TPSA) is 49.3 Å². The van der Waals surface area contributed by atoms with Crippen molar-refractivity contribution in [1.29, 1.82) is 0 Å². The van der Waals surface area contributed by atoms with Crippen LogP contribution in [0.1, 0.15) is 30.6 Å². The molecule has 2 atom stereocenters. The van der Waals surface area contributed by atoms with Gasteiger partial charge in [-0.2, -0.15) is 11.3 Å². The van der Waals surface area contributed by atoms with Crippen LogP contribution < -0.4 is 5.32 Å². The van der Waals surface area contributed by atoms with Crippen LogP contribution >= 0.6 is 11.3 Å². The van der Waals surface area contributed by atoms with Crippen LogP contribution in [0.4, 0.5) is 0 Å². The summed E-state index contributed by atoms with van der Waals surface area (Å²) >= 11 is 1.50. The number of rotatable bonds is 4.